The first-order valence-electron chi connectivity index (χ1n) is 10.2. The lowest BCUT2D eigenvalue weighted by Crippen LogP contribution is -2.40. The quantitative estimate of drug-likeness (QED) is 0.777. The maximum absolute atomic E-state index is 12.7. The topological polar surface area (TPSA) is 52.7 Å². The molecule has 2 aliphatic rings. The minimum absolute atomic E-state index is 0.0765. The normalized spacial score (nSPS) is 19.4. The fraction of sp³-hybridized carbons (Fsp3) is 0.524. The van der Waals surface area contributed by atoms with E-state index in [9.17, 15) is 8.42 Å². The molecule has 2 aromatic rings. The molecule has 7 heteroatoms. The van der Waals surface area contributed by atoms with Gasteiger partial charge in [-0.1, -0.05) is 24.6 Å². The summed E-state index contributed by atoms with van der Waals surface area (Å²) in [5, 5.41) is 1.80. The molecule has 1 aromatic heterocycles. The van der Waals surface area contributed by atoms with Gasteiger partial charge in [-0.15, -0.1) is 11.3 Å². The van der Waals surface area contributed by atoms with Gasteiger partial charge >= 0.3 is 0 Å². The third-order valence-corrected chi connectivity index (χ3v) is 8.72. The molecule has 1 N–H and O–H groups in total. The number of hydrogen-bond acceptors (Lipinski definition) is 5. The molecule has 0 amide bonds. The van der Waals surface area contributed by atoms with E-state index in [1.165, 1.54) is 53.8 Å². The number of sulfonamides is 1. The van der Waals surface area contributed by atoms with Crippen LogP contribution in [0.2, 0.25) is 0 Å². The van der Waals surface area contributed by atoms with Crippen LogP contribution in [0.4, 0.5) is 5.69 Å². The number of piperidine rings is 1. The predicted molar refractivity (Wildman–Crippen MR) is 116 cm³/mol. The number of aryl methyl sites for hydroxylation is 1. The van der Waals surface area contributed by atoms with E-state index in [0.29, 0.717) is 10.8 Å². The average molecular weight is 420 g/mol. The number of thiophene rings is 1. The fourth-order valence-electron chi connectivity index (χ4n) is 4.38. The number of hydrogen-bond donors (Lipinski definition) is 1. The van der Waals surface area contributed by atoms with Crippen molar-refractivity contribution in [3.05, 3.63) is 46.8 Å². The van der Waals surface area contributed by atoms with E-state index in [2.05, 4.69) is 39.8 Å². The van der Waals surface area contributed by atoms with Crippen LogP contribution in [0.15, 0.2) is 39.9 Å². The summed E-state index contributed by atoms with van der Waals surface area (Å²) in [7, 11) is -1.30. The second-order valence-electron chi connectivity index (χ2n) is 7.81. The zero-order valence-electron chi connectivity index (χ0n) is 16.4. The summed E-state index contributed by atoms with van der Waals surface area (Å²) in [6, 6.07) is 10.2. The van der Waals surface area contributed by atoms with E-state index in [-0.39, 0.29) is 6.04 Å². The van der Waals surface area contributed by atoms with Gasteiger partial charge in [0.15, 0.2) is 0 Å². The van der Waals surface area contributed by atoms with Crippen LogP contribution in [0.5, 0.6) is 0 Å². The van der Waals surface area contributed by atoms with Gasteiger partial charge in [0.25, 0.3) is 0 Å². The van der Waals surface area contributed by atoms with Gasteiger partial charge in [0.2, 0.25) is 10.0 Å². The zero-order valence-corrected chi connectivity index (χ0v) is 18.1. The maximum atomic E-state index is 12.7. The van der Waals surface area contributed by atoms with Crippen molar-refractivity contribution in [2.45, 2.75) is 42.4 Å². The van der Waals surface area contributed by atoms with Crippen molar-refractivity contribution in [2.75, 3.05) is 38.1 Å². The highest BCUT2D eigenvalue weighted by atomic mass is 32.2. The molecule has 0 radical (unpaired) electrons. The molecule has 4 rings (SSSR count). The second-order valence-corrected chi connectivity index (χ2v) is 10.8. The molecule has 2 aliphatic heterocycles. The molecular formula is C21H29N3O2S2. The van der Waals surface area contributed by atoms with Gasteiger partial charge in [0, 0.05) is 31.9 Å². The molecule has 3 heterocycles. The van der Waals surface area contributed by atoms with E-state index in [0.717, 1.165) is 26.1 Å². The van der Waals surface area contributed by atoms with E-state index in [1.54, 1.807) is 17.5 Å². The molecule has 0 bridgehead atoms. The van der Waals surface area contributed by atoms with Crippen molar-refractivity contribution in [1.82, 2.24) is 9.62 Å². The molecule has 1 fully saturated rings. The Bertz CT molecular complexity index is 890. The first-order chi connectivity index (χ1) is 13.5. The van der Waals surface area contributed by atoms with Crippen LogP contribution in [-0.4, -0.2) is 46.5 Å². The summed E-state index contributed by atoms with van der Waals surface area (Å²) < 4.78 is 28.6. The van der Waals surface area contributed by atoms with Gasteiger partial charge in [0.05, 0.1) is 0 Å². The first-order valence-corrected chi connectivity index (χ1v) is 12.5. The molecule has 152 valence electrons. The molecule has 0 saturated carbocycles. The van der Waals surface area contributed by atoms with E-state index in [4.69, 9.17) is 0 Å². The van der Waals surface area contributed by atoms with E-state index < -0.39 is 10.0 Å². The standard InChI is InChI=1S/C21H29N3O2S2/c1-23-11-5-7-17-15-18(9-10-19(17)23)20(24-12-3-2-4-13-24)16-22-28(25,26)21-8-6-14-27-21/h6,8-10,14-15,20,22H,2-5,7,11-13,16H2,1H3. The van der Waals surface area contributed by atoms with E-state index >= 15 is 0 Å². The molecule has 0 aliphatic carbocycles. The molecule has 1 saturated heterocycles. The number of rotatable bonds is 6. The predicted octanol–water partition coefficient (Wildman–Crippen LogP) is 3.64. The van der Waals surface area contributed by atoms with Crippen LogP contribution in [0.3, 0.4) is 0 Å². The smallest absolute Gasteiger partial charge is 0.250 e. The van der Waals surface area contributed by atoms with Crippen molar-refractivity contribution < 1.29 is 8.42 Å². The number of nitrogens with zero attached hydrogens (tertiary/aromatic N) is 2. The van der Waals surface area contributed by atoms with Crippen LogP contribution < -0.4 is 9.62 Å². The number of benzene rings is 1. The highest BCUT2D eigenvalue weighted by molar-refractivity contribution is 7.91. The molecule has 1 atom stereocenters. The summed E-state index contributed by atoms with van der Waals surface area (Å²) in [6.45, 7) is 3.57. The largest absolute Gasteiger partial charge is 0.374 e. The summed E-state index contributed by atoms with van der Waals surface area (Å²) in [5.74, 6) is 0. The van der Waals surface area contributed by atoms with Gasteiger partial charge in [-0.05, 0) is 67.4 Å². The number of fused-ring (bicyclic) bond motifs is 1. The SMILES string of the molecule is CN1CCCc2cc(C(CNS(=O)(=O)c3cccs3)N3CCCCC3)ccc21. The third kappa shape index (κ3) is 4.27. The third-order valence-electron chi connectivity index (χ3n) is 5.90. The molecule has 28 heavy (non-hydrogen) atoms. The minimum Gasteiger partial charge on any atom is -0.374 e. The lowest BCUT2D eigenvalue weighted by Gasteiger charge is -2.36. The zero-order chi connectivity index (χ0) is 19.6. The molecule has 1 unspecified atom stereocenters. The Morgan fingerprint density at radius 2 is 1.93 bits per heavy atom. The van der Waals surface area contributed by atoms with Crippen molar-refractivity contribution in [3.8, 4) is 0 Å². The number of anilines is 1. The summed E-state index contributed by atoms with van der Waals surface area (Å²) in [6.07, 6.45) is 5.90. The van der Waals surface area contributed by atoms with Crippen LogP contribution in [0.1, 0.15) is 42.9 Å². The van der Waals surface area contributed by atoms with Gasteiger partial charge in [-0.3, -0.25) is 4.90 Å². The monoisotopic (exact) mass is 419 g/mol. The second kappa shape index (κ2) is 8.53. The van der Waals surface area contributed by atoms with Crippen molar-refractivity contribution in [1.29, 1.82) is 0 Å². The summed E-state index contributed by atoms with van der Waals surface area (Å²) in [5.41, 5.74) is 3.92. The van der Waals surface area contributed by atoms with Gasteiger partial charge in [-0.2, -0.15) is 0 Å². The number of nitrogens with one attached hydrogen (secondary N) is 1. The lowest BCUT2D eigenvalue weighted by molar-refractivity contribution is 0.164. The summed E-state index contributed by atoms with van der Waals surface area (Å²) >= 11 is 1.26. The first kappa shape index (κ1) is 19.9. The highest BCUT2D eigenvalue weighted by Crippen LogP contribution is 2.32. The van der Waals surface area contributed by atoms with Gasteiger partial charge in [0.1, 0.15) is 4.21 Å². The van der Waals surface area contributed by atoms with Gasteiger partial charge < -0.3 is 4.90 Å². The Balaban J connectivity index is 1.59. The minimum atomic E-state index is -3.45. The molecule has 0 spiro atoms. The average Bonchev–Trinajstić information content (AvgIpc) is 3.25. The van der Waals surface area contributed by atoms with Crippen LogP contribution in [0, 0.1) is 0 Å². The van der Waals surface area contributed by atoms with Crippen molar-refractivity contribution in [2.24, 2.45) is 0 Å². The van der Waals surface area contributed by atoms with Crippen LogP contribution >= 0.6 is 11.3 Å². The summed E-state index contributed by atoms with van der Waals surface area (Å²) in [4.78, 5) is 4.77. The van der Waals surface area contributed by atoms with Crippen molar-refractivity contribution in [3.63, 3.8) is 0 Å². The number of likely N-dealkylation sites (tertiary alicyclic amines) is 1. The highest BCUT2D eigenvalue weighted by Gasteiger charge is 2.26. The van der Waals surface area contributed by atoms with E-state index in [1.807, 2.05) is 0 Å². The Hall–Kier alpha value is -1.41. The molecule has 1 aromatic carbocycles. The lowest BCUT2D eigenvalue weighted by atomic mass is 9.95. The van der Waals surface area contributed by atoms with Crippen molar-refractivity contribution >= 4 is 27.0 Å². The fourth-order valence-corrected chi connectivity index (χ4v) is 6.45. The Labute approximate surface area is 172 Å². The van der Waals surface area contributed by atoms with Crippen LogP contribution in [0.25, 0.3) is 0 Å². The Morgan fingerprint density at radius 3 is 2.68 bits per heavy atom. The Morgan fingerprint density at radius 1 is 1.11 bits per heavy atom. The molecule has 5 nitrogen and oxygen atoms in total. The Kier molecular flexibility index (Phi) is 6.06. The van der Waals surface area contributed by atoms with Crippen LogP contribution in [-0.2, 0) is 16.4 Å². The van der Waals surface area contributed by atoms with Gasteiger partial charge in [-0.25, -0.2) is 13.1 Å². The maximum Gasteiger partial charge on any atom is 0.250 e. The molecular weight excluding hydrogens is 390 g/mol.